The van der Waals surface area contributed by atoms with Gasteiger partial charge in [-0.1, -0.05) is 45.8 Å². The second kappa shape index (κ2) is 7.83. The summed E-state index contributed by atoms with van der Waals surface area (Å²) in [5.41, 5.74) is 6.48. The molecule has 5 nitrogen and oxygen atoms in total. The van der Waals surface area contributed by atoms with Crippen LogP contribution in [0.1, 0.15) is 23.1 Å². The zero-order valence-electron chi connectivity index (χ0n) is 14.7. The number of rotatable bonds is 4. The second-order valence-corrected chi connectivity index (χ2v) is 7.40. The molecule has 6 heteroatoms. The summed E-state index contributed by atoms with van der Waals surface area (Å²) in [6.07, 6.45) is 1.79. The molecule has 0 aromatic heterocycles. The molecule has 2 aromatic carbocycles. The molecule has 1 aliphatic heterocycles. The highest BCUT2D eigenvalue weighted by Gasteiger charge is 2.35. The van der Waals surface area contributed by atoms with Crippen molar-refractivity contribution in [2.24, 2.45) is 11.0 Å². The molecule has 1 fully saturated rings. The number of benzene rings is 2. The van der Waals surface area contributed by atoms with Gasteiger partial charge in [0.25, 0.3) is 0 Å². The number of hydrogen-bond acceptors (Lipinski definition) is 3. The Morgan fingerprint density at radius 1 is 1.23 bits per heavy atom. The highest BCUT2D eigenvalue weighted by Crippen LogP contribution is 2.28. The van der Waals surface area contributed by atoms with Gasteiger partial charge < -0.3 is 4.90 Å². The van der Waals surface area contributed by atoms with E-state index >= 15 is 0 Å². The van der Waals surface area contributed by atoms with E-state index in [0.717, 1.165) is 26.9 Å². The van der Waals surface area contributed by atoms with Gasteiger partial charge in [0.1, 0.15) is 0 Å². The van der Waals surface area contributed by atoms with E-state index < -0.39 is 5.92 Å². The minimum atomic E-state index is -0.398. The Bertz CT molecular complexity index is 862. The molecule has 2 amide bonds. The SMILES string of the molecule is Cc1ccc(N2CC(C(=O)NN=Cc3ccc(Br)cc3)CC2=O)c(C)c1. The smallest absolute Gasteiger partial charge is 0.245 e. The van der Waals surface area contributed by atoms with Gasteiger partial charge >= 0.3 is 0 Å². The summed E-state index contributed by atoms with van der Waals surface area (Å²) in [6, 6.07) is 13.5. The number of nitrogens with one attached hydrogen (secondary N) is 1. The fourth-order valence-electron chi connectivity index (χ4n) is 3.03. The summed E-state index contributed by atoms with van der Waals surface area (Å²) < 4.78 is 0.981. The van der Waals surface area contributed by atoms with Crippen molar-refractivity contribution < 1.29 is 9.59 Å². The van der Waals surface area contributed by atoms with Crippen LogP contribution in [0.3, 0.4) is 0 Å². The maximum atomic E-state index is 12.4. The number of halogens is 1. The maximum Gasteiger partial charge on any atom is 0.245 e. The molecule has 0 radical (unpaired) electrons. The third-order valence-electron chi connectivity index (χ3n) is 4.40. The molecule has 1 N–H and O–H groups in total. The lowest BCUT2D eigenvalue weighted by molar-refractivity contribution is -0.126. The molecule has 1 atom stereocenters. The van der Waals surface area contributed by atoms with Crippen molar-refractivity contribution in [3.63, 3.8) is 0 Å². The monoisotopic (exact) mass is 413 g/mol. The lowest BCUT2D eigenvalue weighted by Crippen LogP contribution is -2.30. The van der Waals surface area contributed by atoms with Gasteiger partial charge in [-0.25, -0.2) is 5.43 Å². The van der Waals surface area contributed by atoms with Gasteiger partial charge in [0.2, 0.25) is 11.8 Å². The van der Waals surface area contributed by atoms with Crippen LogP contribution in [0.4, 0.5) is 5.69 Å². The molecule has 134 valence electrons. The van der Waals surface area contributed by atoms with Crippen molar-refractivity contribution in [3.05, 3.63) is 63.6 Å². The largest absolute Gasteiger partial charge is 0.311 e. The van der Waals surface area contributed by atoms with Crippen LogP contribution >= 0.6 is 15.9 Å². The van der Waals surface area contributed by atoms with Gasteiger partial charge in [-0.05, 0) is 43.2 Å². The summed E-state index contributed by atoms with van der Waals surface area (Å²) >= 11 is 3.37. The van der Waals surface area contributed by atoms with E-state index in [4.69, 9.17) is 0 Å². The van der Waals surface area contributed by atoms with Gasteiger partial charge in [-0.3, -0.25) is 9.59 Å². The second-order valence-electron chi connectivity index (χ2n) is 6.48. The third kappa shape index (κ3) is 4.19. The number of carbonyl (C=O) groups excluding carboxylic acids is 2. The average molecular weight is 414 g/mol. The Balaban J connectivity index is 1.62. The Morgan fingerprint density at radius 2 is 1.96 bits per heavy atom. The predicted octanol–water partition coefficient (Wildman–Crippen LogP) is 3.57. The molecule has 2 aromatic rings. The maximum absolute atomic E-state index is 12.4. The third-order valence-corrected chi connectivity index (χ3v) is 4.93. The van der Waals surface area contributed by atoms with Crippen molar-refractivity contribution in [1.82, 2.24) is 5.43 Å². The van der Waals surface area contributed by atoms with Crippen molar-refractivity contribution in [3.8, 4) is 0 Å². The van der Waals surface area contributed by atoms with E-state index in [-0.39, 0.29) is 18.2 Å². The number of amides is 2. The normalized spacial score (nSPS) is 17.1. The van der Waals surface area contributed by atoms with Crippen molar-refractivity contribution in [2.45, 2.75) is 20.3 Å². The number of anilines is 1. The van der Waals surface area contributed by atoms with Crippen LogP contribution in [0.25, 0.3) is 0 Å². The molecule has 1 heterocycles. The summed E-state index contributed by atoms with van der Waals surface area (Å²) in [5.74, 6) is -0.668. The average Bonchev–Trinajstić information content (AvgIpc) is 2.98. The van der Waals surface area contributed by atoms with Crippen LogP contribution in [-0.4, -0.2) is 24.6 Å². The Kier molecular flexibility index (Phi) is 5.52. The first kappa shape index (κ1) is 18.3. The number of hydrogen-bond donors (Lipinski definition) is 1. The summed E-state index contributed by atoms with van der Waals surface area (Å²) in [5, 5.41) is 4.00. The molecular formula is C20H20BrN3O2. The topological polar surface area (TPSA) is 61.8 Å². The van der Waals surface area contributed by atoms with Crippen LogP contribution in [0.15, 0.2) is 52.0 Å². The quantitative estimate of drug-likeness (QED) is 0.614. The minimum absolute atomic E-state index is 0.0333. The van der Waals surface area contributed by atoms with Crippen LogP contribution in [-0.2, 0) is 9.59 Å². The highest BCUT2D eigenvalue weighted by atomic mass is 79.9. The highest BCUT2D eigenvalue weighted by molar-refractivity contribution is 9.10. The van der Waals surface area contributed by atoms with Crippen LogP contribution in [0.2, 0.25) is 0 Å². The Labute approximate surface area is 161 Å². The summed E-state index contributed by atoms with van der Waals surface area (Å²) in [4.78, 5) is 26.4. The van der Waals surface area contributed by atoms with E-state index in [1.54, 1.807) is 11.1 Å². The van der Waals surface area contributed by atoms with Crippen molar-refractivity contribution in [2.75, 3.05) is 11.4 Å². The Morgan fingerprint density at radius 3 is 2.65 bits per heavy atom. The lowest BCUT2D eigenvalue weighted by Gasteiger charge is -2.19. The first-order chi connectivity index (χ1) is 12.4. The van der Waals surface area contributed by atoms with Crippen LogP contribution in [0, 0.1) is 19.8 Å². The molecular weight excluding hydrogens is 394 g/mol. The van der Waals surface area contributed by atoms with E-state index in [1.165, 1.54) is 0 Å². The van der Waals surface area contributed by atoms with E-state index in [2.05, 4.69) is 26.5 Å². The fourth-order valence-corrected chi connectivity index (χ4v) is 3.30. The number of carbonyl (C=O) groups is 2. The predicted molar refractivity (Wildman–Crippen MR) is 106 cm³/mol. The number of nitrogens with zero attached hydrogens (tertiary/aromatic N) is 2. The van der Waals surface area contributed by atoms with Crippen molar-refractivity contribution in [1.29, 1.82) is 0 Å². The van der Waals surface area contributed by atoms with Gasteiger partial charge in [-0.2, -0.15) is 5.10 Å². The number of aryl methyl sites for hydroxylation is 2. The van der Waals surface area contributed by atoms with E-state index in [1.807, 2.05) is 56.3 Å². The van der Waals surface area contributed by atoms with Gasteiger partial charge in [0.15, 0.2) is 0 Å². The molecule has 1 saturated heterocycles. The first-order valence-corrected chi connectivity index (χ1v) is 9.19. The van der Waals surface area contributed by atoms with Gasteiger partial charge in [-0.15, -0.1) is 0 Å². The number of hydrazone groups is 1. The first-order valence-electron chi connectivity index (χ1n) is 8.40. The van der Waals surface area contributed by atoms with E-state index in [9.17, 15) is 9.59 Å². The van der Waals surface area contributed by atoms with Gasteiger partial charge in [0.05, 0.1) is 12.1 Å². The zero-order valence-corrected chi connectivity index (χ0v) is 16.3. The molecule has 0 spiro atoms. The van der Waals surface area contributed by atoms with E-state index in [0.29, 0.717) is 6.54 Å². The summed E-state index contributed by atoms with van der Waals surface area (Å²) in [6.45, 7) is 4.37. The van der Waals surface area contributed by atoms with Crippen molar-refractivity contribution >= 4 is 39.6 Å². The lowest BCUT2D eigenvalue weighted by atomic mass is 10.1. The molecule has 26 heavy (non-hydrogen) atoms. The zero-order chi connectivity index (χ0) is 18.7. The standard InChI is InChI=1S/C20H20BrN3O2/c1-13-3-8-18(14(2)9-13)24-12-16(10-19(24)25)20(26)23-22-11-15-4-6-17(21)7-5-15/h3-9,11,16H,10,12H2,1-2H3,(H,23,26). The molecule has 0 bridgehead atoms. The fraction of sp³-hybridized carbons (Fsp3) is 0.250. The summed E-state index contributed by atoms with van der Waals surface area (Å²) in [7, 11) is 0. The molecule has 1 aliphatic rings. The molecule has 0 saturated carbocycles. The molecule has 1 unspecified atom stereocenters. The minimum Gasteiger partial charge on any atom is -0.311 e. The van der Waals surface area contributed by atoms with Crippen LogP contribution in [0.5, 0.6) is 0 Å². The van der Waals surface area contributed by atoms with Gasteiger partial charge in [0, 0.05) is 23.1 Å². The Hall–Kier alpha value is -2.47. The molecule has 0 aliphatic carbocycles. The molecule has 3 rings (SSSR count). The van der Waals surface area contributed by atoms with Crippen LogP contribution < -0.4 is 10.3 Å².